The van der Waals surface area contributed by atoms with Gasteiger partial charge in [0.1, 0.15) is 5.60 Å². The van der Waals surface area contributed by atoms with Gasteiger partial charge in [0.15, 0.2) is 0 Å². The highest BCUT2D eigenvalue weighted by Crippen LogP contribution is 2.25. The number of aliphatic imine (C=N–C) groups is 1. The van der Waals surface area contributed by atoms with Crippen molar-refractivity contribution in [1.82, 2.24) is 0 Å². The summed E-state index contributed by atoms with van der Waals surface area (Å²) in [6.45, 7) is 7.12. The highest BCUT2D eigenvalue weighted by Gasteiger charge is 2.18. The minimum Gasteiger partial charge on any atom is -0.444 e. The van der Waals surface area contributed by atoms with Crippen LogP contribution in [-0.2, 0) is 9.53 Å². The van der Waals surface area contributed by atoms with Crippen molar-refractivity contribution in [2.45, 2.75) is 39.3 Å². The van der Waals surface area contributed by atoms with Gasteiger partial charge in [0.25, 0.3) is 0 Å². The number of benzene rings is 1. The van der Waals surface area contributed by atoms with Crippen molar-refractivity contribution in [1.29, 1.82) is 0 Å². The van der Waals surface area contributed by atoms with Gasteiger partial charge in [0.2, 0.25) is 6.08 Å². The van der Waals surface area contributed by atoms with Crippen LogP contribution in [0.1, 0.15) is 39.3 Å². The highest BCUT2D eigenvalue weighted by atomic mass is 16.6. The number of carbonyl (C=O) groups excluding carboxylic acids is 2. The van der Waals surface area contributed by atoms with Gasteiger partial charge in [-0.2, -0.15) is 4.99 Å². The van der Waals surface area contributed by atoms with Gasteiger partial charge in [-0.05, 0) is 33.8 Å². The summed E-state index contributed by atoms with van der Waals surface area (Å²) < 4.78 is 5.18. The third-order valence-electron chi connectivity index (χ3n) is 2.29. The number of hydrogen-bond donors (Lipinski definition) is 1. The maximum Gasteiger partial charge on any atom is 0.412 e. The SMILES string of the molecule is CC(N=C=O)c1ccccc1NC(=O)OC(C)(C)C. The van der Waals surface area contributed by atoms with E-state index >= 15 is 0 Å². The topological polar surface area (TPSA) is 67.8 Å². The van der Waals surface area contributed by atoms with E-state index in [1.807, 2.05) is 6.07 Å². The summed E-state index contributed by atoms with van der Waals surface area (Å²) in [4.78, 5) is 25.7. The van der Waals surface area contributed by atoms with Crippen LogP contribution in [0, 0.1) is 0 Å². The van der Waals surface area contributed by atoms with Crippen molar-refractivity contribution in [2.24, 2.45) is 4.99 Å². The maximum atomic E-state index is 11.7. The molecule has 0 saturated heterocycles. The van der Waals surface area contributed by atoms with Gasteiger partial charge < -0.3 is 4.74 Å². The number of anilines is 1. The fourth-order valence-corrected chi connectivity index (χ4v) is 1.54. The molecule has 5 nitrogen and oxygen atoms in total. The Bertz CT molecular complexity index is 500. The molecule has 102 valence electrons. The monoisotopic (exact) mass is 262 g/mol. The zero-order chi connectivity index (χ0) is 14.5. The normalized spacial score (nSPS) is 12.2. The lowest BCUT2D eigenvalue weighted by molar-refractivity contribution is 0.0636. The Morgan fingerprint density at radius 1 is 1.37 bits per heavy atom. The van der Waals surface area contributed by atoms with Crippen molar-refractivity contribution in [3.05, 3.63) is 29.8 Å². The molecule has 0 aliphatic carbocycles. The largest absolute Gasteiger partial charge is 0.444 e. The van der Waals surface area contributed by atoms with Gasteiger partial charge in [-0.25, -0.2) is 9.59 Å². The first kappa shape index (κ1) is 14.9. The van der Waals surface area contributed by atoms with E-state index in [9.17, 15) is 9.59 Å². The van der Waals surface area contributed by atoms with Gasteiger partial charge in [0.05, 0.1) is 6.04 Å². The maximum absolute atomic E-state index is 11.7. The minimum absolute atomic E-state index is 0.372. The molecular weight excluding hydrogens is 244 g/mol. The number of isocyanates is 1. The molecule has 1 amide bonds. The Morgan fingerprint density at radius 2 is 2.00 bits per heavy atom. The number of nitrogens with zero attached hydrogens (tertiary/aromatic N) is 1. The average molecular weight is 262 g/mol. The summed E-state index contributed by atoms with van der Waals surface area (Å²) in [5.41, 5.74) is 0.742. The second kappa shape index (κ2) is 6.16. The van der Waals surface area contributed by atoms with Crippen LogP contribution in [-0.4, -0.2) is 17.8 Å². The number of rotatable bonds is 3. The molecule has 1 atom stereocenters. The summed E-state index contributed by atoms with van der Waals surface area (Å²) in [7, 11) is 0. The molecular formula is C14H18N2O3. The van der Waals surface area contributed by atoms with Gasteiger partial charge in [-0.15, -0.1) is 0 Å². The molecule has 1 aromatic rings. The number of amides is 1. The summed E-state index contributed by atoms with van der Waals surface area (Å²) in [6.07, 6.45) is 0.976. The number of nitrogens with one attached hydrogen (secondary N) is 1. The van der Waals surface area contributed by atoms with Crippen LogP contribution in [0.5, 0.6) is 0 Å². The molecule has 0 aliphatic rings. The summed E-state index contributed by atoms with van der Waals surface area (Å²) >= 11 is 0. The minimum atomic E-state index is -0.564. The Morgan fingerprint density at radius 3 is 2.58 bits per heavy atom. The Labute approximate surface area is 112 Å². The third-order valence-corrected chi connectivity index (χ3v) is 2.29. The molecule has 19 heavy (non-hydrogen) atoms. The van der Waals surface area contributed by atoms with Crippen LogP contribution in [0.2, 0.25) is 0 Å². The number of hydrogen-bond acceptors (Lipinski definition) is 4. The van der Waals surface area contributed by atoms with E-state index in [0.29, 0.717) is 5.69 Å². The zero-order valence-corrected chi connectivity index (χ0v) is 11.6. The predicted molar refractivity (Wildman–Crippen MR) is 72.8 cm³/mol. The standard InChI is InChI=1S/C14H18N2O3/c1-10(15-9-17)11-7-5-6-8-12(11)16-13(18)19-14(2,3)4/h5-8,10H,1-4H3,(H,16,18). The fraction of sp³-hybridized carbons (Fsp3) is 0.429. The summed E-state index contributed by atoms with van der Waals surface area (Å²) in [5, 5.41) is 2.66. The van der Waals surface area contributed by atoms with Crippen molar-refractivity contribution in [2.75, 3.05) is 5.32 Å². The molecule has 1 unspecified atom stereocenters. The molecule has 1 aromatic carbocycles. The van der Waals surface area contributed by atoms with Gasteiger partial charge in [-0.3, -0.25) is 5.32 Å². The van der Waals surface area contributed by atoms with Crippen molar-refractivity contribution >= 4 is 17.9 Å². The molecule has 1 N–H and O–H groups in total. The second-order valence-corrected chi connectivity index (χ2v) is 5.11. The van der Waals surface area contributed by atoms with E-state index in [2.05, 4.69) is 10.3 Å². The zero-order valence-electron chi connectivity index (χ0n) is 11.6. The van der Waals surface area contributed by atoms with E-state index in [1.165, 1.54) is 6.08 Å². The predicted octanol–water partition coefficient (Wildman–Crippen LogP) is 3.43. The van der Waals surface area contributed by atoms with E-state index in [-0.39, 0.29) is 6.04 Å². The van der Waals surface area contributed by atoms with E-state index in [0.717, 1.165) is 5.56 Å². The average Bonchev–Trinajstić information content (AvgIpc) is 2.27. The van der Waals surface area contributed by atoms with Gasteiger partial charge in [0, 0.05) is 11.3 Å². The van der Waals surface area contributed by atoms with Crippen LogP contribution in [0.25, 0.3) is 0 Å². The first-order valence-electron chi connectivity index (χ1n) is 5.99. The number of ether oxygens (including phenoxy) is 1. The number of para-hydroxylation sites is 1. The van der Waals surface area contributed by atoms with Crippen LogP contribution < -0.4 is 5.32 Å². The quantitative estimate of drug-likeness (QED) is 0.670. The second-order valence-electron chi connectivity index (χ2n) is 5.11. The molecule has 0 fully saturated rings. The highest BCUT2D eigenvalue weighted by molar-refractivity contribution is 5.86. The van der Waals surface area contributed by atoms with Crippen LogP contribution in [0.3, 0.4) is 0 Å². The van der Waals surface area contributed by atoms with Crippen LogP contribution in [0.4, 0.5) is 10.5 Å². The molecule has 5 heteroatoms. The van der Waals surface area contributed by atoms with Crippen molar-refractivity contribution in [3.63, 3.8) is 0 Å². The molecule has 0 saturated carbocycles. The van der Waals surface area contributed by atoms with Crippen molar-refractivity contribution in [3.8, 4) is 0 Å². The molecule has 0 aromatic heterocycles. The Hall–Kier alpha value is -2.13. The molecule has 0 radical (unpaired) electrons. The van der Waals surface area contributed by atoms with Crippen LogP contribution >= 0.6 is 0 Å². The lowest BCUT2D eigenvalue weighted by Crippen LogP contribution is -2.27. The van der Waals surface area contributed by atoms with E-state index in [1.54, 1.807) is 45.9 Å². The first-order chi connectivity index (χ1) is 8.83. The Balaban J connectivity index is 2.89. The lowest BCUT2D eigenvalue weighted by Gasteiger charge is -2.20. The molecule has 0 aliphatic heterocycles. The molecule has 0 heterocycles. The molecule has 0 bridgehead atoms. The van der Waals surface area contributed by atoms with Crippen LogP contribution in [0.15, 0.2) is 29.3 Å². The third kappa shape index (κ3) is 4.94. The van der Waals surface area contributed by atoms with E-state index in [4.69, 9.17) is 4.74 Å². The van der Waals surface area contributed by atoms with Crippen molar-refractivity contribution < 1.29 is 14.3 Å². The van der Waals surface area contributed by atoms with E-state index < -0.39 is 11.7 Å². The summed E-state index contributed by atoms with van der Waals surface area (Å²) in [5.74, 6) is 0. The molecule has 0 spiro atoms. The summed E-state index contributed by atoms with van der Waals surface area (Å²) in [6, 6.07) is 6.75. The molecule has 1 rings (SSSR count). The first-order valence-corrected chi connectivity index (χ1v) is 5.99. The smallest absolute Gasteiger partial charge is 0.412 e. The Kier molecular flexibility index (Phi) is 4.84. The fourth-order valence-electron chi connectivity index (χ4n) is 1.54. The van der Waals surface area contributed by atoms with Gasteiger partial charge >= 0.3 is 6.09 Å². The van der Waals surface area contributed by atoms with Gasteiger partial charge in [-0.1, -0.05) is 18.2 Å². The number of carbonyl (C=O) groups is 1. The lowest BCUT2D eigenvalue weighted by atomic mass is 10.1.